The first kappa shape index (κ1) is 22.4. The van der Waals surface area contributed by atoms with Crippen molar-refractivity contribution in [3.05, 3.63) is 16.3 Å². The topological polar surface area (TPSA) is 95.5 Å². The largest absolute Gasteiger partial charge is 2.00 e. The Kier molecular flexibility index (Phi) is 10.3. The van der Waals surface area contributed by atoms with Crippen LogP contribution in [0.1, 0.15) is 24.2 Å². The van der Waals surface area contributed by atoms with E-state index >= 15 is 0 Å². The number of hydrogen-bond donors (Lipinski definition) is 3. The second-order valence-corrected chi connectivity index (χ2v) is 6.97. The average molecular weight is 751 g/mol. The molecule has 1 aromatic rings. The predicted molar refractivity (Wildman–Crippen MR) is 106 cm³/mol. The van der Waals surface area contributed by atoms with Crippen LogP contribution in [0, 0.1) is 10.7 Å². The van der Waals surface area contributed by atoms with Crippen molar-refractivity contribution >= 4 is 146 Å². The summed E-state index contributed by atoms with van der Waals surface area (Å²) in [6.45, 7) is 2.67. The second-order valence-electron chi connectivity index (χ2n) is 3.73. The maximum atomic E-state index is 11.4. The van der Waals surface area contributed by atoms with E-state index in [1.165, 1.54) is 13.8 Å². The van der Waals surface area contributed by atoms with Crippen LogP contribution in [-0.4, -0.2) is 71.8 Å². The van der Waals surface area contributed by atoms with Crippen molar-refractivity contribution in [3.63, 3.8) is 0 Å². The van der Waals surface area contributed by atoms with Crippen LogP contribution in [0.15, 0.2) is 0 Å². The van der Waals surface area contributed by atoms with Gasteiger partial charge in [0.15, 0.2) is 0 Å². The molecule has 0 radical (unpaired) electrons. The molecule has 0 unspecified atom stereocenters. The summed E-state index contributed by atoms with van der Waals surface area (Å²) >= 11 is 5.71. The van der Waals surface area contributed by atoms with E-state index in [2.05, 4.69) is 10.6 Å². The monoisotopic (exact) mass is 752 g/mol. The molecule has 2 amide bonds. The van der Waals surface area contributed by atoms with E-state index < -0.39 is 5.97 Å². The Labute approximate surface area is 202 Å². The minimum Gasteiger partial charge on any atom is -0.478 e. The molecule has 0 spiro atoms. The average Bonchev–Trinajstić information content (AvgIpc) is 2.29. The van der Waals surface area contributed by atoms with Gasteiger partial charge in [0.25, 0.3) is 0 Å². The summed E-state index contributed by atoms with van der Waals surface area (Å²) in [5.74, 6) is -1.74. The van der Waals surface area contributed by atoms with Crippen molar-refractivity contribution in [2.75, 3.05) is 10.6 Å². The summed E-state index contributed by atoms with van der Waals surface area (Å²) in [5, 5.41) is 14.5. The van der Waals surface area contributed by atoms with E-state index in [0.29, 0.717) is 22.1 Å². The van der Waals surface area contributed by atoms with Crippen LogP contribution in [0.5, 0.6) is 0 Å². The number of nitrogens with one attached hydrogen (secondary N) is 2. The molecular formula is C11H9BaI3N2O4+2. The summed E-state index contributed by atoms with van der Waals surface area (Å²) in [6, 6.07) is 0. The van der Waals surface area contributed by atoms with E-state index in [1.54, 1.807) is 0 Å². The standard InChI is InChI=1S/C11H9I3N2O4.Ba/c1-3(17)15-9-6(12)5(11(19)20)7(13)10(8(9)14)16-4(2)18;/h1-2H3,(H,15,17)(H,16,18)(H,19,20);/q;+2. The van der Waals surface area contributed by atoms with Gasteiger partial charge in [-0.25, -0.2) is 4.79 Å². The summed E-state index contributed by atoms with van der Waals surface area (Å²) in [4.78, 5) is 33.9. The number of aromatic carboxylic acids is 1. The molecule has 0 atom stereocenters. The number of carboxylic acid groups (broad SMARTS) is 1. The van der Waals surface area contributed by atoms with E-state index in [-0.39, 0.29) is 66.3 Å². The van der Waals surface area contributed by atoms with Crippen LogP contribution in [0.25, 0.3) is 0 Å². The smallest absolute Gasteiger partial charge is 0.478 e. The molecule has 108 valence electrons. The Hall–Kier alpha value is 1.39. The van der Waals surface area contributed by atoms with Crippen LogP contribution >= 0.6 is 67.8 Å². The zero-order chi connectivity index (χ0) is 15.6. The number of halogens is 3. The van der Waals surface area contributed by atoms with Crippen molar-refractivity contribution in [1.82, 2.24) is 0 Å². The van der Waals surface area contributed by atoms with E-state index in [9.17, 15) is 19.5 Å². The molecule has 0 saturated carbocycles. The number of hydrogen-bond acceptors (Lipinski definition) is 3. The number of carbonyl (C=O) groups excluding carboxylic acids is 2. The normalized spacial score (nSPS) is 9.57. The molecule has 1 aromatic carbocycles. The fourth-order valence-electron chi connectivity index (χ4n) is 1.42. The van der Waals surface area contributed by atoms with Crippen molar-refractivity contribution in [2.45, 2.75) is 13.8 Å². The quantitative estimate of drug-likeness (QED) is 0.328. The number of carboxylic acids is 1. The molecule has 1 rings (SSSR count). The number of carbonyl (C=O) groups is 3. The van der Waals surface area contributed by atoms with Crippen molar-refractivity contribution in [2.24, 2.45) is 0 Å². The summed E-state index contributed by atoms with van der Waals surface area (Å²) < 4.78 is 1.44. The first-order chi connectivity index (χ1) is 9.16. The Bertz CT molecular complexity index is 579. The van der Waals surface area contributed by atoms with Gasteiger partial charge < -0.3 is 15.7 Å². The third-order valence-electron chi connectivity index (χ3n) is 2.13. The summed E-state index contributed by atoms with van der Waals surface area (Å²) in [6.07, 6.45) is 0. The molecule has 3 N–H and O–H groups in total. The zero-order valence-electron chi connectivity index (χ0n) is 11.0. The molecule has 0 aliphatic carbocycles. The molecule has 0 aromatic heterocycles. The Balaban J connectivity index is 0.00000400. The molecule has 0 fully saturated rings. The van der Waals surface area contributed by atoms with Gasteiger partial charge in [0, 0.05) is 13.8 Å². The van der Waals surface area contributed by atoms with Crippen LogP contribution in [-0.2, 0) is 9.59 Å². The van der Waals surface area contributed by atoms with Gasteiger partial charge >= 0.3 is 54.9 Å². The first-order valence-electron chi connectivity index (χ1n) is 5.15. The van der Waals surface area contributed by atoms with Gasteiger partial charge in [-0.1, -0.05) is 0 Å². The molecule has 0 aliphatic heterocycles. The maximum Gasteiger partial charge on any atom is 2.00 e. The van der Waals surface area contributed by atoms with Gasteiger partial charge in [-0.2, -0.15) is 0 Å². The van der Waals surface area contributed by atoms with Crippen LogP contribution in [0.2, 0.25) is 0 Å². The Morgan fingerprint density at radius 2 is 1.19 bits per heavy atom. The van der Waals surface area contributed by atoms with Gasteiger partial charge in [0.1, 0.15) is 0 Å². The fraction of sp³-hybridized carbons (Fsp3) is 0.182. The van der Waals surface area contributed by atoms with Gasteiger partial charge in [0.05, 0.1) is 27.6 Å². The van der Waals surface area contributed by atoms with Crippen LogP contribution < -0.4 is 10.6 Å². The molecule has 10 heteroatoms. The predicted octanol–water partition coefficient (Wildman–Crippen LogP) is 2.73. The van der Waals surface area contributed by atoms with E-state index in [4.69, 9.17) is 0 Å². The van der Waals surface area contributed by atoms with Gasteiger partial charge in [-0.3, -0.25) is 9.59 Å². The molecule has 0 heterocycles. The number of amides is 2. The fourth-order valence-corrected chi connectivity index (χ4v) is 5.59. The first-order valence-corrected chi connectivity index (χ1v) is 8.39. The number of benzene rings is 1. The van der Waals surface area contributed by atoms with E-state index in [1.807, 2.05) is 67.8 Å². The Morgan fingerprint density at radius 1 is 0.857 bits per heavy atom. The van der Waals surface area contributed by atoms with Crippen molar-refractivity contribution in [1.29, 1.82) is 0 Å². The second kappa shape index (κ2) is 9.63. The molecule has 6 nitrogen and oxygen atoms in total. The van der Waals surface area contributed by atoms with E-state index in [0.717, 1.165) is 0 Å². The van der Waals surface area contributed by atoms with Gasteiger partial charge in [-0.05, 0) is 67.8 Å². The summed E-state index contributed by atoms with van der Waals surface area (Å²) in [5.41, 5.74) is 0.833. The third-order valence-corrected chi connectivity index (χ3v) is 5.37. The molecule has 0 bridgehead atoms. The maximum absolute atomic E-state index is 11.4. The minimum absolute atomic E-state index is 0. The number of anilines is 2. The SMILES string of the molecule is CC(=O)Nc1c(I)c(NC(C)=O)c(I)c(C(=O)O)c1I.[Ba+2]. The van der Waals surface area contributed by atoms with Gasteiger partial charge in [-0.15, -0.1) is 0 Å². The van der Waals surface area contributed by atoms with Crippen molar-refractivity contribution < 1.29 is 19.5 Å². The summed E-state index contributed by atoms with van der Waals surface area (Å²) in [7, 11) is 0. The number of rotatable bonds is 3. The van der Waals surface area contributed by atoms with Gasteiger partial charge in [0.2, 0.25) is 11.8 Å². The van der Waals surface area contributed by atoms with Crippen molar-refractivity contribution in [3.8, 4) is 0 Å². The van der Waals surface area contributed by atoms with Crippen LogP contribution in [0.4, 0.5) is 11.4 Å². The molecule has 0 aliphatic rings. The zero-order valence-corrected chi connectivity index (χ0v) is 21.9. The third kappa shape index (κ3) is 5.75. The molecule has 21 heavy (non-hydrogen) atoms. The molecular weight excluding hydrogens is 742 g/mol. The van der Waals surface area contributed by atoms with Crippen LogP contribution in [0.3, 0.4) is 0 Å². The minimum atomic E-state index is -1.12. The Morgan fingerprint density at radius 3 is 1.43 bits per heavy atom. The molecule has 0 saturated heterocycles.